The molecule has 1 aromatic carbocycles. The quantitative estimate of drug-likeness (QED) is 0.937. The predicted octanol–water partition coefficient (Wildman–Crippen LogP) is 1.90. The van der Waals surface area contributed by atoms with Crippen LogP contribution in [-0.4, -0.2) is 10.5 Å². The number of rotatable bonds is 3. The lowest BCUT2D eigenvalue weighted by Gasteiger charge is -2.08. The number of pyridine rings is 1. The molecule has 0 fully saturated rings. The van der Waals surface area contributed by atoms with Crippen molar-refractivity contribution in [2.75, 3.05) is 0 Å². The summed E-state index contributed by atoms with van der Waals surface area (Å²) in [6, 6.07) is 7.25. The number of hydrogen-bond donors (Lipinski definition) is 1. The standard InChI is InChI=1S/C13H10BrFN2O2/c14-10-2-1-5-17(13(10)19)7-9-4-3-8(12(16)18)6-11(9)15/h1-6H,7H2,(H2,16,18). The van der Waals surface area contributed by atoms with Crippen LogP contribution in [-0.2, 0) is 6.54 Å². The Labute approximate surface area is 116 Å². The number of benzene rings is 1. The molecule has 1 amide bonds. The molecule has 0 radical (unpaired) electrons. The highest BCUT2D eigenvalue weighted by molar-refractivity contribution is 9.10. The Morgan fingerprint density at radius 3 is 2.74 bits per heavy atom. The van der Waals surface area contributed by atoms with Crippen molar-refractivity contribution in [1.29, 1.82) is 0 Å². The highest BCUT2D eigenvalue weighted by Gasteiger charge is 2.08. The van der Waals surface area contributed by atoms with E-state index >= 15 is 0 Å². The van der Waals surface area contributed by atoms with Gasteiger partial charge in [0.25, 0.3) is 5.56 Å². The number of halogens is 2. The highest BCUT2D eigenvalue weighted by Crippen LogP contribution is 2.12. The number of carbonyl (C=O) groups is 1. The van der Waals surface area contributed by atoms with E-state index in [0.29, 0.717) is 10.0 Å². The van der Waals surface area contributed by atoms with Gasteiger partial charge in [-0.25, -0.2) is 4.39 Å². The molecule has 0 atom stereocenters. The summed E-state index contributed by atoms with van der Waals surface area (Å²) in [5.41, 5.74) is 5.22. The van der Waals surface area contributed by atoms with Crippen LogP contribution in [0.25, 0.3) is 0 Å². The number of amides is 1. The monoisotopic (exact) mass is 324 g/mol. The van der Waals surface area contributed by atoms with Crippen LogP contribution in [0.2, 0.25) is 0 Å². The fourth-order valence-corrected chi connectivity index (χ4v) is 2.02. The third kappa shape index (κ3) is 2.90. The molecule has 0 spiro atoms. The van der Waals surface area contributed by atoms with E-state index in [1.54, 1.807) is 18.3 Å². The summed E-state index contributed by atoms with van der Waals surface area (Å²) in [5, 5.41) is 0. The number of aromatic nitrogens is 1. The largest absolute Gasteiger partial charge is 0.366 e. The van der Waals surface area contributed by atoms with Crippen LogP contribution in [0, 0.1) is 5.82 Å². The zero-order valence-electron chi connectivity index (χ0n) is 9.77. The first-order valence-electron chi connectivity index (χ1n) is 5.42. The predicted molar refractivity (Wildman–Crippen MR) is 72.4 cm³/mol. The van der Waals surface area contributed by atoms with Gasteiger partial charge in [-0.3, -0.25) is 9.59 Å². The van der Waals surface area contributed by atoms with Crippen LogP contribution in [0.15, 0.2) is 45.8 Å². The summed E-state index contributed by atoms with van der Waals surface area (Å²) in [6.45, 7) is 0.0865. The minimum atomic E-state index is -0.690. The first kappa shape index (κ1) is 13.5. The number of hydrogen-bond acceptors (Lipinski definition) is 2. The molecule has 4 nitrogen and oxygen atoms in total. The molecule has 98 valence electrons. The lowest BCUT2D eigenvalue weighted by molar-refractivity contribution is 0.1000. The molecule has 1 heterocycles. The fourth-order valence-electron chi connectivity index (χ4n) is 1.64. The second-order valence-corrected chi connectivity index (χ2v) is 4.81. The minimum absolute atomic E-state index is 0.0865. The maximum absolute atomic E-state index is 13.8. The van der Waals surface area contributed by atoms with Crippen LogP contribution in [0.1, 0.15) is 15.9 Å². The lowest BCUT2D eigenvalue weighted by atomic mass is 10.1. The number of nitrogens with two attached hydrogens (primary N) is 1. The van der Waals surface area contributed by atoms with Crippen molar-refractivity contribution in [3.63, 3.8) is 0 Å². The maximum atomic E-state index is 13.8. The van der Waals surface area contributed by atoms with Crippen LogP contribution in [0.5, 0.6) is 0 Å². The normalized spacial score (nSPS) is 10.4. The van der Waals surface area contributed by atoms with E-state index in [2.05, 4.69) is 15.9 Å². The molecule has 0 aliphatic rings. The van der Waals surface area contributed by atoms with E-state index in [9.17, 15) is 14.0 Å². The van der Waals surface area contributed by atoms with E-state index in [1.165, 1.54) is 16.7 Å². The van der Waals surface area contributed by atoms with Gasteiger partial charge in [0.2, 0.25) is 5.91 Å². The third-order valence-electron chi connectivity index (χ3n) is 2.65. The number of nitrogens with zero attached hydrogens (tertiary/aromatic N) is 1. The molecule has 6 heteroatoms. The second kappa shape index (κ2) is 5.36. The molecule has 0 aliphatic carbocycles. The van der Waals surface area contributed by atoms with Gasteiger partial charge in [-0.05, 0) is 40.2 Å². The molecule has 0 bridgehead atoms. The van der Waals surface area contributed by atoms with Crippen molar-refractivity contribution in [2.45, 2.75) is 6.54 Å². The van der Waals surface area contributed by atoms with E-state index in [-0.39, 0.29) is 17.7 Å². The van der Waals surface area contributed by atoms with Crippen molar-refractivity contribution in [3.05, 3.63) is 68.3 Å². The van der Waals surface area contributed by atoms with Gasteiger partial charge in [-0.1, -0.05) is 6.07 Å². The number of carbonyl (C=O) groups excluding carboxylic acids is 1. The van der Waals surface area contributed by atoms with Gasteiger partial charge in [-0.15, -0.1) is 0 Å². The van der Waals surface area contributed by atoms with Crippen LogP contribution >= 0.6 is 15.9 Å². The summed E-state index contributed by atoms with van der Waals surface area (Å²) < 4.78 is 15.6. The zero-order chi connectivity index (χ0) is 14.0. The Kier molecular flexibility index (Phi) is 3.80. The Morgan fingerprint density at radius 2 is 2.11 bits per heavy atom. The first-order valence-corrected chi connectivity index (χ1v) is 6.21. The smallest absolute Gasteiger partial charge is 0.265 e. The van der Waals surface area contributed by atoms with E-state index in [4.69, 9.17) is 5.73 Å². The topological polar surface area (TPSA) is 65.1 Å². The molecule has 19 heavy (non-hydrogen) atoms. The summed E-state index contributed by atoms with van der Waals surface area (Å²) in [4.78, 5) is 22.7. The van der Waals surface area contributed by atoms with Gasteiger partial charge >= 0.3 is 0 Å². The average Bonchev–Trinajstić information content (AvgIpc) is 2.37. The van der Waals surface area contributed by atoms with Crippen molar-refractivity contribution in [3.8, 4) is 0 Å². The number of primary amides is 1. The molecule has 2 N–H and O–H groups in total. The summed E-state index contributed by atoms with van der Waals surface area (Å²) in [6.07, 6.45) is 1.56. The lowest BCUT2D eigenvalue weighted by Crippen LogP contribution is -2.21. The molecule has 0 aliphatic heterocycles. The molecular weight excluding hydrogens is 315 g/mol. The summed E-state index contributed by atoms with van der Waals surface area (Å²) in [5.74, 6) is -1.26. The second-order valence-electron chi connectivity index (χ2n) is 3.96. The molecule has 0 unspecified atom stereocenters. The Balaban J connectivity index is 2.36. The van der Waals surface area contributed by atoms with E-state index in [0.717, 1.165) is 6.07 Å². The van der Waals surface area contributed by atoms with Crippen molar-refractivity contribution >= 4 is 21.8 Å². The molecule has 1 aromatic heterocycles. The van der Waals surface area contributed by atoms with Crippen molar-refractivity contribution in [2.24, 2.45) is 5.73 Å². The van der Waals surface area contributed by atoms with Crippen LogP contribution < -0.4 is 11.3 Å². The van der Waals surface area contributed by atoms with Crippen molar-refractivity contribution < 1.29 is 9.18 Å². The van der Waals surface area contributed by atoms with Gasteiger partial charge in [0.15, 0.2) is 0 Å². The van der Waals surface area contributed by atoms with Gasteiger partial charge in [0, 0.05) is 17.3 Å². The van der Waals surface area contributed by atoms with Crippen LogP contribution in [0.4, 0.5) is 4.39 Å². The Morgan fingerprint density at radius 1 is 1.37 bits per heavy atom. The molecule has 0 saturated heterocycles. The zero-order valence-corrected chi connectivity index (χ0v) is 11.4. The first-order chi connectivity index (χ1) is 8.99. The van der Waals surface area contributed by atoms with E-state index in [1.807, 2.05) is 0 Å². The van der Waals surface area contributed by atoms with Gasteiger partial charge in [-0.2, -0.15) is 0 Å². The van der Waals surface area contributed by atoms with Crippen molar-refractivity contribution in [1.82, 2.24) is 4.57 Å². The molecule has 2 rings (SSSR count). The van der Waals surface area contributed by atoms with Gasteiger partial charge in [0.1, 0.15) is 5.82 Å². The average molecular weight is 325 g/mol. The van der Waals surface area contributed by atoms with E-state index < -0.39 is 11.7 Å². The molecular formula is C13H10BrFN2O2. The Bertz CT molecular complexity index is 697. The maximum Gasteiger partial charge on any atom is 0.265 e. The third-order valence-corrected chi connectivity index (χ3v) is 3.26. The van der Waals surface area contributed by atoms with Gasteiger partial charge in [0.05, 0.1) is 11.0 Å². The molecule has 0 saturated carbocycles. The minimum Gasteiger partial charge on any atom is -0.366 e. The summed E-state index contributed by atoms with van der Waals surface area (Å²) >= 11 is 3.12. The summed E-state index contributed by atoms with van der Waals surface area (Å²) in [7, 11) is 0. The fraction of sp³-hybridized carbons (Fsp3) is 0.0769. The molecule has 2 aromatic rings. The SMILES string of the molecule is NC(=O)c1ccc(Cn2cccc(Br)c2=O)c(F)c1. The Hall–Kier alpha value is -1.95. The van der Waals surface area contributed by atoms with Gasteiger partial charge < -0.3 is 10.3 Å². The highest BCUT2D eigenvalue weighted by atomic mass is 79.9. The van der Waals surface area contributed by atoms with Crippen LogP contribution in [0.3, 0.4) is 0 Å².